The van der Waals surface area contributed by atoms with Gasteiger partial charge in [0.25, 0.3) is 0 Å². The van der Waals surface area contributed by atoms with E-state index >= 15 is 0 Å². The lowest BCUT2D eigenvalue weighted by Crippen LogP contribution is -2.12. The van der Waals surface area contributed by atoms with E-state index in [-0.39, 0.29) is 0 Å². The van der Waals surface area contributed by atoms with E-state index in [4.69, 9.17) is 11.6 Å². The molecule has 0 saturated heterocycles. The van der Waals surface area contributed by atoms with Gasteiger partial charge >= 0.3 is 12.1 Å². The lowest BCUT2D eigenvalue weighted by atomic mass is 10.1. The zero-order chi connectivity index (χ0) is 13.8. The van der Waals surface area contributed by atoms with Crippen molar-refractivity contribution in [3.8, 4) is 0 Å². The zero-order valence-electron chi connectivity index (χ0n) is 9.33. The van der Waals surface area contributed by atoms with Gasteiger partial charge in [-0.15, -0.1) is 0 Å². The maximum atomic E-state index is 12.4. The smallest absolute Gasteiger partial charge is 0.390 e. The SMILES string of the molecule is CC(=O)OSC(CC(F)(F)F)c1ccc(Cl)cc1. The third-order valence-corrected chi connectivity index (χ3v) is 3.19. The van der Waals surface area contributed by atoms with E-state index in [1.54, 1.807) is 0 Å². The number of alkyl halides is 3. The Bertz CT molecular complexity index is 406. The van der Waals surface area contributed by atoms with E-state index in [1.807, 2.05) is 0 Å². The summed E-state index contributed by atoms with van der Waals surface area (Å²) in [6, 6.07) is 5.95. The fraction of sp³-hybridized carbons (Fsp3) is 0.364. The van der Waals surface area contributed by atoms with Crippen molar-refractivity contribution in [3.05, 3.63) is 34.9 Å². The van der Waals surface area contributed by atoms with E-state index in [9.17, 15) is 18.0 Å². The molecule has 18 heavy (non-hydrogen) atoms. The molecule has 2 nitrogen and oxygen atoms in total. The molecule has 0 amide bonds. The van der Waals surface area contributed by atoms with E-state index < -0.39 is 23.8 Å². The van der Waals surface area contributed by atoms with Gasteiger partial charge in [0.1, 0.15) is 0 Å². The zero-order valence-corrected chi connectivity index (χ0v) is 10.9. The van der Waals surface area contributed by atoms with Gasteiger partial charge in [0.2, 0.25) is 0 Å². The summed E-state index contributed by atoms with van der Waals surface area (Å²) in [5.41, 5.74) is 0.406. The highest BCUT2D eigenvalue weighted by Gasteiger charge is 2.34. The number of carbonyl (C=O) groups is 1. The summed E-state index contributed by atoms with van der Waals surface area (Å²) in [6.07, 6.45) is -5.41. The molecule has 0 heterocycles. The second-order valence-corrected chi connectivity index (χ2v) is 4.90. The third kappa shape index (κ3) is 5.64. The summed E-state index contributed by atoms with van der Waals surface area (Å²) in [7, 11) is 0. The topological polar surface area (TPSA) is 26.3 Å². The van der Waals surface area contributed by atoms with Gasteiger partial charge in [-0.25, -0.2) is 0 Å². The molecule has 0 saturated carbocycles. The van der Waals surface area contributed by atoms with Crippen LogP contribution in [0.15, 0.2) is 24.3 Å². The van der Waals surface area contributed by atoms with E-state index in [2.05, 4.69) is 4.18 Å². The Hall–Kier alpha value is -0.880. The van der Waals surface area contributed by atoms with Gasteiger partial charge in [-0.05, 0) is 17.7 Å². The summed E-state index contributed by atoms with van der Waals surface area (Å²) in [6.45, 7) is 1.14. The molecule has 1 unspecified atom stereocenters. The lowest BCUT2D eigenvalue weighted by Gasteiger charge is -2.17. The standard InChI is InChI=1S/C11H10ClF3O2S/c1-7(16)17-18-10(6-11(13,14)15)8-2-4-9(12)5-3-8/h2-5,10H,6H2,1H3. The lowest BCUT2D eigenvalue weighted by molar-refractivity contribution is -0.136. The molecule has 1 aromatic carbocycles. The van der Waals surface area contributed by atoms with Crippen LogP contribution in [0.1, 0.15) is 24.2 Å². The minimum Gasteiger partial charge on any atom is -0.391 e. The average Bonchev–Trinajstić information content (AvgIpc) is 2.23. The maximum absolute atomic E-state index is 12.4. The average molecular weight is 299 g/mol. The van der Waals surface area contributed by atoms with Crippen LogP contribution in [0.5, 0.6) is 0 Å². The molecule has 7 heteroatoms. The summed E-state index contributed by atoms with van der Waals surface area (Å²) < 4.78 is 41.8. The number of halogens is 4. The summed E-state index contributed by atoms with van der Waals surface area (Å²) in [5.74, 6) is -0.638. The molecule has 0 fully saturated rings. The molecule has 1 rings (SSSR count). The van der Waals surface area contributed by atoms with Gasteiger partial charge in [-0.2, -0.15) is 13.2 Å². The van der Waals surface area contributed by atoms with Crippen molar-refractivity contribution in [2.75, 3.05) is 0 Å². The van der Waals surface area contributed by atoms with Crippen molar-refractivity contribution in [1.82, 2.24) is 0 Å². The normalized spacial score (nSPS) is 13.2. The summed E-state index contributed by atoms with van der Waals surface area (Å²) in [4.78, 5) is 10.7. The molecule has 0 N–H and O–H groups in total. The highest BCUT2D eigenvalue weighted by atomic mass is 35.5. The molecular formula is C11H10ClF3O2S. The minimum absolute atomic E-state index is 0.406. The Morgan fingerprint density at radius 1 is 1.39 bits per heavy atom. The predicted molar refractivity (Wildman–Crippen MR) is 64.2 cm³/mol. The van der Waals surface area contributed by atoms with Crippen LogP contribution >= 0.6 is 23.6 Å². The number of carbonyl (C=O) groups excluding carboxylic acids is 1. The van der Waals surface area contributed by atoms with E-state index in [0.29, 0.717) is 22.6 Å². The van der Waals surface area contributed by atoms with Gasteiger partial charge in [-0.3, -0.25) is 4.79 Å². The first-order valence-corrected chi connectivity index (χ1v) is 6.12. The highest BCUT2D eigenvalue weighted by molar-refractivity contribution is 7.95. The van der Waals surface area contributed by atoms with E-state index in [1.165, 1.54) is 24.3 Å². The van der Waals surface area contributed by atoms with Crippen LogP contribution in [0.25, 0.3) is 0 Å². The fourth-order valence-corrected chi connectivity index (χ4v) is 2.12. The van der Waals surface area contributed by atoms with Gasteiger partial charge in [-0.1, -0.05) is 23.7 Å². The molecule has 0 bridgehead atoms. The van der Waals surface area contributed by atoms with Crippen molar-refractivity contribution >= 4 is 29.6 Å². The molecule has 0 aliphatic carbocycles. The first-order valence-electron chi connectivity index (χ1n) is 4.94. The van der Waals surface area contributed by atoms with Crippen LogP contribution < -0.4 is 0 Å². The predicted octanol–water partition coefficient (Wildman–Crippen LogP) is 4.54. The van der Waals surface area contributed by atoms with Crippen LogP contribution in [0.2, 0.25) is 5.02 Å². The van der Waals surface area contributed by atoms with Gasteiger partial charge < -0.3 is 4.18 Å². The van der Waals surface area contributed by atoms with Crippen molar-refractivity contribution in [2.45, 2.75) is 24.8 Å². The van der Waals surface area contributed by atoms with Crippen molar-refractivity contribution < 1.29 is 22.1 Å². The molecule has 0 spiro atoms. The quantitative estimate of drug-likeness (QED) is 0.763. The number of benzene rings is 1. The van der Waals surface area contributed by atoms with Crippen molar-refractivity contribution in [2.24, 2.45) is 0 Å². The van der Waals surface area contributed by atoms with E-state index in [0.717, 1.165) is 6.92 Å². The molecule has 0 aromatic heterocycles. The summed E-state index contributed by atoms with van der Waals surface area (Å²) >= 11 is 6.17. The second-order valence-electron chi connectivity index (χ2n) is 3.53. The van der Waals surface area contributed by atoms with Crippen LogP contribution in [0.3, 0.4) is 0 Å². The largest absolute Gasteiger partial charge is 0.391 e. The first kappa shape index (κ1) is 15.2. The third-order valence-electron chi connectivity index (χ3n) is 1.94. The summed E-state index contributed by atoms with van der Waals surface area (Å²) in [5, 5.41) is -0.562. The number of hydrogen-bond acceptors (Lipinski definition) is 3. The van der Waals surface area contributed by atoms with Crippen LogP contribution in [0.4, 0.5) is 13.2 Å². The minimum atomic E-state index is -4.34. The molecule has 1 atom stereocenters. The Morgan fingerprint density at radius 3 is 2.39 bits per heavy atom. The Morgan fingerprint density at radius 2 is 1.94 bits per heavy atom. The Labute approximate surface area is 112 Å². The van der Waals surface area contributed by atoms with Crippen LogP contribution in [-0.4, -0.2) is 12.1 Å². The van der Waals surface area contributed by atoms with Crippen LogP contribution in [0, 0.1) is 0 Å². The first-order chi connectivity index (χ1) is 8.28. The fourth-order valence-electron chi connectivity index (χ4n) is 1.22. The van der Waals surface area contributed by atoms with Gasteiger partial charge in [0, 0.05) is 11.9 Å². The van der Waals surface area contributed by atoms with Crippen LogP contribution in [-0.2, 0) is 8.98 Å². The Balaban J connectivity index is 2.82. The molecule has 0 radical (unpaired) electrons. The number of hydrogen-bond donors (Lipinski definition) is 0. The highest BCUT2D eigenvalue weighted by Crippen LogP contribution is 2.39. The second kappa shape index (κ2) is 6.33. The number of rotatable bonds is 4. The monoisotopic (exact) mass is 298 g/mol. The molecule has 0 aliphatic rings. The maximum Gasteiger partial charge on any atom is 0.390 e. The molecule has 1 aromatic rings. The van der Waals surface area contributed by atoms with Gasteiger partial charge in [0.05, 0.1) is 23.7 Å². The molecular weight excluding hydrogens is 289 g/mol. The van der Waals surface area contributed by atoms with Crippen molar-refractivity contribution in [3.63, 3.8) is 0 Å². The molecule has 0 aliphatic heterocycles. The Kier molecular flexibility index (Phi) is 5.34. The molecule has 100 valence electrons. The van der Waals surface area contributed by atoms with Gasteiger partial charge in [0.15, 0.2) is 0 Å². The van der Waals surface area contributed by atoms with Crippen molar-refractivity contribution in [1.29, 1.82) is 0 Å².